The zero-order valence-corrected chi connectivity index (χ0v) is 10.5. The molecule has 1 amide bonds. The van der Waals surface area contributed by atoms with Gasteiger partial charge in [-0.2, -0.15) is 0 Å². The van der Waals surface area contributed by atoms with E-state index in [1.165, 1.54) is 18.9 Å². The van der Waals surface area contributed by atoms with E-state index in [1.807, 2.05) is 0 Å². The normalized spacial score (nSPS) is 23.8. The number of hydrogen-bond acceptors (Lipinski definition) is 5. The molecule has 6 nitrogen and oxygen atoms in total. The largest absolute Gasteiger partial charge is 0.480 e. The Hall–Kier alpha value is -1.08. The molecular formula is C10H15NO5S. The smallest absolute Gasteiger partial charge is 0.326 e. The highest BCUT2D eigenvalue weighted by Crippen LogP contribution is 2.21. The van der Waals surface area contributed by atoms with Gasteiger partial charge in [0.2, 0.25) is 5.91 Å². The van der Waals surface area contributed by atoms with Crippen molar-refractivity contribution in [1.29, 1.82) is 0 Å². The van der Waals surface area contributed by atoms with Crippen LogP contribution in [0.3, 0.4) is 0 Å². The molecule has 0 radical (unpaired) electrons. The minimum atomic E-state index is -1.04. The quantitative estimate of drug-likeness (QED) is 0.765. The second kappa shape index (κ2) is 6.02. The number of ether oxygens (including phenoxy) is 1. The van der Waals surface area contributed by atoms with Crippen molar-refractivity contribution in [2.75, 3.05) is 19.4 Å². The summed E-state index contributed by atoms with van der Waals surface area (Å²) in [6, 6.07) is -0.847. The molecule has 1 aliphatic rings. The summed E-state index contributed by atoms with van der Waals surface area (Å²) in [5.41, 5.74) is 0. The van der Waals surface area contributed by atoms with Crippen LogP contribution in [0.25, 0.3) is 0 Å². The average Bonchev–Trinajstić information content (AvgIpc) is 2.69. The third-order valence-corrected chi connectivity index (χ3v) is 3.40. The fourth-order valence-corrected chi connectivity index (χ4v) is 2.22. The SMILES string of the molecule is CO[C@H]1C[C@@H](C(=O)O)N(C(=O)CSC(C)=O)C1. The van der Waals surface area contributed by atoms with E-state index in [-0.39, 0.29) is 29.4 Å². The number of rotatable bonds is 4. The van der Waals surface area contributed by atoms with Gasteiger partial charge >= 0.3 is 5.97 Å². The molecule has 1 saturated heterocycles. The first-order valence-corrected chi connectivity index (χ1v) is 6.12. The number of carboxylic acid groups (broad SMARTS) is 1. The first-order chi connectivity index (χ1) is 7.95. The van der Waals surface area contributed by atoms with E-state index in [9.17, 15) is 14.4 Å². The van der Waals surface area contributed by atoms with Crippen molar-refractivity contribution < 1.29 is 24.2 Å². The Kier molecular flexibility index (Phi) is 4.95. The molecule has 0 spiro atoms. The Labute approximate surface area is 103 Å². The highest BCUT2D eigenvalue weighted by atomic mass is 32.2. The molecule has 7 heteroatoms. The standard InChI is InChI=1S/C10H15NO5S/c1-6(12)17-5-9(13)11-4-7(16-2)3-8(11)10(14)15/h7-8H,3-5H2,1-2H3,(H,14,15)/t7-,8-/m0/s1. The van der Waals surface area contributed by atoms with Crippen LogP contribution in [0.4, 0.5) is 0 Å². The molecule has 1 fully saturated rings. The minimum Gasteiger partial charge on any atom is -0.480 e. The fraction of sp³-hybridized carbons (Fsp3) is 0.700. The Morgan fingerprint density at radius 1 is 1.47 bits per heavy atom. The van der Waals surface area contributed by atoms with Crippen LogP contribution in [0.1, 0.15) is 13.3 Å². The van der Waals surface area contributed by atoms with Crippen LogP contribution in [0.2, 0.25) is 0 Å². The van der Waals surface area contributed by atoms with E-state index in [1.54, 1.807) is 0 Å². The van der Waals surface area contributed by atoms with Crippen molar-refractivity contribution in [3.8, 4) is 0 Å². The van der Waals surface area contributed by atoms with E-state index in [4.69, 9.17) is 9.84 Å². The van der Waals surface area contributed by atoms with Gasteiger partial charge in [0.15, 0.2) is 5.12 Å². The number of nitrogens with zero attached hydrogens (tertiary/aromatic N) is 1. The Morgan fingerprint density at radius 3 is 2.59 bits per heavy atom. The summed E-state index contributed by atoms with van der Waals surface area (Å²) in [6.45, 7) is 1.64. The fourth-order valence-electron chi connectivity index (χ4n) is 1.72. The lowest BCUT2D eigenvalue weighted by atomic mass is 10.2. The predicted octanol–water partition coefficient (Wildman–Crippen LogP) is -0.0334. The van der Waals surface area contributed by atoms with Crippen LogP contribution in [0, 0.1) is 0 Å². The van der Waals surface area contributed by atoms with Gasteiger partial charge < -0.3 is 14.7 Å². The molecule has 0 unspecified atom stereocenters. The molecule has 2 atom stereocenters. The summed E-state index contributed by atoms with van der Waals surface area (Å²) in [5.74, 6) is -1.39. The first kappa shape index (κ1) is 14.0. The van der Waals surface area contributed by atoms with Gasteiger partial charge in [-0.1, -0.05) is 11.8 Å². The number of hydrogen-bond donors (Lipinski definition) is 1. The van der Waals surface area contributed by atoms with Crippen LogP contribution >= 0.6 is 11.8 Å². The lowest BCUT2D eigenvalue weighted by molar-refractivity contribution is -0.147. The second-order valence-corrected chi connectivity index (χ2v) is 4.93. The number of carbonyl (C=O) groups is 3. The van der Waals surface area contributed by atoms with Crippen molar-refractivity contribution in [3.63, 3.8) is 0 Å². The minimum absolute atomic E-state index is 0.0183. The van der Waals surface area contributed by atoms with Crippen molar-refractivity contribution in [1.82, 2.24) is 4.90 Å². The van der Waals surface area contributed by atoms with E-state index >= 15 is 0 Å². The Balaban J connectivity index is 2.63. The highest BCUT2D eigenvalue weighted by Gasteiger charge is 2.39. The summed E-state index contributed by atoms with van der Waals surface area (Å²) in [7, 11) is 1.49. The molecule has 0 aromatic rings. The number of likely N-dealkylation sites (tertiary alicyclic amines) is 1. The molecule has 1 rings (SSSR count). The van der Waals surface area contributed by atoms with Gasteiger partial charge in [-0.05, 0) is 0 Å². The molecule has 1 N–H and O–H groups in total. The monoisotopic (exact) mass is 261 g/mol. The summed E-state index contributed by atoms with van der Waals surface area (Å²) >= 11 is 0.885. The molecule has 0 aliphatic carbocycles. The second-order valence-electron chi connectivity index (χ2n) is 3.77. The van der Waals surface area contributed by atoms with E-state index in [0.29, 0.717) is 6.42 Å². The maximum atomic E-state index is 11.8. The number of amides is 1. The van der Waals surface area contributed by atoms with Gasteiger partial charge in [-0.3, -0.25) is 9.59 Å². The summed E-state index contributed by atoms with van der Waals surface area (Å²) in [4.78, 5) is 34.8. The van der Waals surface area contributed by atoms with Crippen LogP contribution in [0.5, 0.6) is 0 Å². The van der Waals surface area contributed by atoms with Gasteiger partial charge in [0.25, 0.3) is 0 Å². The van der Waals surface area contributed by atoms with Gasteiger partial charge in [-0.25, -0.2) is 4.79 Å². The van der Waals surface area contributed by atoms with Crippen LogP contribution < -0.4 is 0 Å². The van der Waals surface area contributed by atoms with Crippen LogP contribution in [-0.2, 0) is 19.1 Å². The molecular weight excluding hydrogens is 246 g/mol. The zero-order chi connectivity index (χ0) is 13.0. The maximum absolute atomic E-state index is 11.8. The predicted molar refractivity (Wildman–Crippen MR) is 61.7 cm³/mol. The number of carboxylic acids is 1. The van der Waals surface area contributed by atoms with Crippen molar-refractivity contribution in [2.24, 2.45) is 0 Å². The topological polar surface area (TPSA) is 83.9 Å². The molecule has 0 saturated carbocycles. The molecule has 0 bridgehead atoms. The Bertz CT molecular complexity index is 333. The third-order valence-electron chi connectivity index (χ3n) is 2.60. The molecule has 0 aromatic heterocycles. The summed E-state index contributed by atoms with van der Waals surface area (Å²) in [6.07, 6.45) is 0.0462. The zero-order valence-electron chi connectivity index (χ0n) is 9.71. The Morgan fingerprint density at radius 2 is 2.12 bits per heavy atom. The van der Waals surface area contributed by atoms with Crippen LogP contribution in [0.15, 0.2) is 0 Å². The molecule has 1 heterocycles. The van der Waals surface area contributed by atoms with Gasteiger partial charge in [0.05, 0.1) is 11.9 Å². The van der Waals surface area contributed by atoms with Gasteiger partial charge in [0.1, 0.15) is 6.04 Å². The number of aliphatic carboxylic acids is 1. The number of thioether (sulfide) groups is 1. The maximum Gasteiger partial charge on any atom is 0.326 e. The van der Waals surface area contributed by atoms with Gasteiger partial charge in [0, 0.05) is 27.0 Å². The summed E-state index contributed by atoms with van der Waals surface area (Å²) < 4.78 is 5.07. The number of methoxy groups -OCH3 is 1. The number of carbonyl (C=O) groups excluding carboxylic acids is 2. The average molecular weight is 261 g/mol. The van der Waals surface area contributed by atoms with E-state index in [2.05, 4.69) is 0 Å². The molecule has 1 aliphatic heterocycles. The van der Waals surface area contributed by atoms with Crippen molar-refractivity contribution in [3.05, 3.63) is 0 Å². The lowest BCUT2D eigenvalue weighted by Crippen LogP contribution is -2.41. The van der Waals surface area contributed by atoms with Crippen LogP contribution in [-0.4, -0.2) is 58.6 Å². The van der Waals surface area contributed by atoms with E-state index < -0.39 is 12.0 Å². The van der Waals surface area contributed by atoms with E-state index in [0.717, 1.165) is 11.8 Å². The molecule has 17 heavy (non-hydrogen) atoms. The molecule has 0 aromatic carbocycles. The molecule has 96 valence electrons. The van der Waals surface area contributed by atoms with Crippen molar-refractivity contribution >= 4 is 28.8 Å². The highest BCUT2D eigenvalue weighted by molar-refractivity contribution is 8.14. The van der Waals surface area contributed by atoms with Gasteiger partial charge in [-0.15, -0.1) is 0 Å². The van der Waals surface area contributed by atoms with Crippen molar-refractivity contribution in [2.45, 2.75) is 25.5 Å². The summed E-state index contributed by atoms with van der Waals surface area (Å²) in [5, 5.41) is 8.84. The lowest BCUT2D eigenvalue weighted by Gasteiger charge is -2.20. The third kappa shape index (κ3) is 3.71. The first-order valence-electron chi connectivity index (χ1n) is 5.14.